The fourth-order valence-electron chi connectivity index (χ4n) is 11.0. The Bertz CT molecular complexity index is 3780. The van der Waals surface area contributed by atoms with Crippen molar-refractivity contribution in [3.8, 4) is 0 Å². The van der Waals surface area contributed by atoms with E-state index in [1.807, 2.05) is 11.3 Å². The van der Waals surface area contributed by atoms with Gasteiger partial charge in [-0.05, 0) is 133 Å². The first-order valence-corrected chi connectivity index (χ1v) is 26.8. The summed E-state index contributed by atoms with van der Waals surface area (Å²) in [5, 5.41) is 7.67. The summed E-state index contributed by atoms with van der Waals surface area (Å²) in [6.45, 7) is 34.8. The molecule has 0 atom stereocenters. The van der Waals surface area contributed by atoms with E-state index in [9.17, 15) is 0 Å². The molecule has 0 amide bonds. The molecule has 8 aromatic carbocycles. The molecule has 0 spiro atoms. The Labute approximate surface area is 432 Å². The molecule has 0 radical (unpaired) electrons. The van der Waals surface area contributed by atoms with Crippen LogP contribution in [-0.2, 0) is 27.1 Å². The molecule has 3 heterocycles. The monoisotopic (exact) mass is 962 g/mol. The molecule has 11 aromatic rings. The van der Waals surface area contributed by atoms with Crippen LogP contribution in [0.1, 0.15) is 132 Å². The SMILES string of the molecule is CC(C)(C)c1cccc(N(c2cccc(C(C)(C)C)c2)c2ccc3c4c5ccccc5c(N(c5cccc(C(C)(C)C)c5)c5cccc(C(C)(C)C)c5)c5c6sc7ccc(C(C)(C)C)cc7c6n(c3c2)c54)c1. The van der Waals surface area contributed by atoms with Crippen molar-refractivity contribution < 1.29 is 0 Å². The van der Waals surface area contributed by atoms with Gasteiger partial charge in [0.25, 0.3) is 0 Å². The van der Waals surface area contributed by atoms with Crippen LogP contribution in [0, 0.1) is 0 Å². The van der Waals surface area contributed by atoms with Crippen LogP contribution in [0.25, 0.3) is 58.3 Å². The van der Waals surface area contributed by atoms with E-state index in [0.29, 0.717) is 0 Å². The minimum atomic E-state index is -0.0404. The average molecular weight is 962 g/mol. The van der Waals surface area contributed by atoms with E-state index in [1.165, 1.54) is 91.8 Å². The summed E-state index contributed by atoms with van der Waals surface area (Å²) in [6.07, 6.45) is 0. The first-order valence-electron chi connectivity index (χ1n) is 26.0. The summed E-state index contributed by atoms with van der Waals surface area (Å²) in [4.78, 5) is 5.09. The zero-order chi connectivity index (χ0) is 51.0. The first kappa shape index (κ1) is 47.7. The largest absolute Gasteiger partial charge is 0.310 e. The lowest BCUT2D eigenvalue weighted by atomic mass is 9.86. The van der Waals surface area contributed by atoms with Gasteiger partial charge in [-0.25, -0.2) is 0 Å². The van der Waals surface area contributed by atoms with Gasteiger partial charge in [0.05, 0.1) is 26.9 Å². The highest BCUT2D eigenvalue weighted by Gasteiger charge is 2.32. The number of nitrogens with zero attached hydrogens (tertiary/aromatic N) is 3. The van der Waals surface area contributed by atoms with Gasteiger partial charge in [-0.2, -0.15) is 0 Å². The van der Waals surface area contributed by atoms with E-state index in [1.54, 1.807) is 0 Å². The topological polar surface area (TPSA) is 10.9 Å². The maximum absolute atomic E-state index is 2.67. The van der Waals surface area contributed by atoms with Gasteiger partial charge in [-0.15, -0.1) is 11.3 Å². The lowest BCUT2D eigenvalue weighted by molar-refractivity contribution is 0.589. The Balaban J connectivity index is 1.32. The van der Waals surface area contributed by atoms with Gasteiger partial charge in [0.1, 0.15) is 0 Å². The summed E-state index contributed by atoms with van der Waals surface area (Å²) >= 11 is 1.95. The van der Waals surface area contributed by atoms with Gasteiger partial charge >= 0.3 is 0 Å². The molecule has 0 saturated carbocycles. The van der Waals surface area contributed by atoms with Crippen LogP contribution < -0.4 is 9.80 Å². The van der Waals surface area contributed by atoms with Crippen molar-refractivity contribution in [1.82, 2.24) is 4.40 Å². The van der Waals surface area contributed by atoms with Crippen molar-refractivity contribution in [3.05, 3.63) is 186 Å². The van der Waals surface area contributed by atoms with Crippen LogP contribution in [0.4, 0.5) is 34.1 Å². The quantitative estimate of drug-likeness (QED) is 0.164. The van der Waals surface area contributed by atoms with Crippen LogP contribution in [0.5, 0.6) is 0 Å². The summed E-state index contributed by atoms with van der Waals surface area (Å²) < 4.78 is 5.30. The van der Waals surface area contributed by atoms with Gasteiger partial charge in [0, 0.05) is 60.1 Å². The Morgan fingerprint density at radius 3 is 1.24 bits per heavy atom. The number of benzene rings is 8. The van der Waals surface area contributed by atoms with Gasteiger partial charge in [0.15, 0.2) is 0 Å². The molecule has 0 bridgehead atoms. The maximum Gasteiger partial charge on any atom is 0.0729 e. The zero-order valence-corrected chi connectivity index (χ0v) is 46.1. The van der Waals surface area contributed by atoms with Crippen molar-refractivity contribution in [3.63, 3.8) is 0 Å². The maximum atomic E-state index is 2.67. The molecular weight excluding hydrogens is 891 g/mol. The van der Waals surface area contributed by atoms with Crippen molar-refractivity contribution >= 4 is 104 Å². The second-order valence-electron chi connectivity index (χ2n) is 25.6. The first-order chi connectivity index (χ1) is 33.9. The molecule has 0 aliphatic heterocycles. The van der Waals surface area contributed by atoms with E-state index >= 15 is 0 Å². The fraction of sp³-hybridized carbons (Fsp3) is 0.294. The zero-order valence-electron chi connectivity index (χ0n) is 45.3. The molecule has 11 rings (SSSR count). The lowest BCUT2D eigenvalue weighted by Crippen LogP contribution is -2.16. The predicted molar refractivity (Wildman–Crippen MR) is 317 cm³/mol. The minimum Gasteiger partial charge on any atom is -0.310 e. The third kappa shape index (κ3) is 7.93. The molecule has 0 N–H and O–H groups in total. The number of anilines is 6. The highest BCUT2D eigenvalue weighted by atomic mass is 32.1. The van der Waals surface area contributed by atoms with E-state index < -0.39 is 0 Å². The van der Waals surface area contributed by atoms with Crippen LogP contribution in [0.15, 0.2) is 158 Å². The molecular formula is C68H71N3S. The van der Waals surface area contributed by atoms with Crippen LogP contribution in [0.3, 0.4) is 0 Å². The molecule has 3 aromatic heterocycles. The molecule has 72 heavy (non-hydrogen) atoms. The third-order valence-corrected chi connectivity index (χ3v) is 16.4. The number of hydrogen-bond donors (Lipinski definition) is 0. The van der Waals surface area contributed by atoms with Gasteiger partial charge in [-0.1, -0.05) is 189 Å². The number of thiophene rings is 1. The number of aromatic nitrogens is 1. The molecule has 0 unspecified atom stereocenters. The van der Waals surface area contributed by atoms with E-state index in [4.69, 9.17) is 0 Å². The van der Waals surface area contributed by atoms with E-state index in [0.717, 1.165) is 28.4 Å². The summed E-state index contributed by atoms with van der Waals surface area (Å²) in [6, 6.07) is 60.7. The molecule has 364 valence electrons. The van der Waals surface area contributed by atoms with Crippen LogP contribution in [0.2, 0.25) is 0 Å². The molecule has 0 aliphatic carbocycles. The fourth-order valence-corrected chi connectivity index (χ4v) is 12.2. The highest BCUT2D eigenvalue weighted by Crippen LogP contribution is 2.56. The van der Waals surface area contributed by atoms with Crippen LogP contribution >= 0.6 is 11.3 Å². The normalized spacial score (nSPS) is 13.2. The smallest absolute Gasteiger partial charge is 0.0729 e. The highest BCUT2D eigenvalue weighted by molar-refractivity contribution is 7.26. The molecule has 0 fully saturated rings. The summed E-state index contributed by atoms with van der Waals surface area (Å²) in [5.74, 6) is 0. The van der Waals surface area contributed by atoms with Gasteiger partial charge in [-0.3, -0.25) is 0 Å². The third-order valence-electron chi connectivity index (χ3n) is 15.2. The minimum absolute atomic E-state index is 0.0163. The van der Waals surface area contributed by atoms with E-state index in [2.05, 4.69) is 276 Å². The predicted octanol–water partition coefficient (Wildman–Crippen LogP) is 20.6. The van der Waals surface area contributed by atoms with Crippen molar-refractivity contribution in [2.75, 3.05) is 9.80 Å². The summed E-state index contributed by atoms with van der Waals surface area (Å²) in [7, 11) is 0. The molecule has 3 nitrogen and oxygen atoms in total. The standard InChI is InChI=1S/C68H71N3S/c1-64(2,3)42-22-18-26-47(36-42)69(48-27-19-23-43(37-48)65(4,5)6)51-33-34-54-56(41-51)71-61-55-40-46(68(13,14)15)32-35-57(55)72-63(61)59-60(53-31-17-16-30-52(53)58(54)62(59)71)70(49-28-20-24-44(38-49)66(7,8)9)50-29-21-25-45(39-50)67(10,11)12/h16-41H,1-15H3. The van der Waals surface area contributed by atoms with Crippen molar-refractivity contribution in [1.29, 1.82) is 0 Å². The van der Waals surface area contributed by atoms with Gasteiger partial charge < -0.3 is 14.2 Å². The summed E-state index contributed by atoms with van der Waals surface area (Å²) in [5.41, 5.74) is 17.2. The second-order valence-corrected chi connectivity index (χ2v) is 26.7. The Morgan fingerprint density at radius 1 is 0.333 bits per heavy atom. The Hall–Kier alpha value is -6.62. The number of hydrogen-bond acceptors (Lipinski definition) is 3. The molecule has 4 heteroatoms. The van der Waals surface area contributed by atoms with Crippen molar-refractivity contribution in [2.45, 2.75) is 131 Å². The van der Waals surface area contributed by atoms with E-state index in [-0.39, 0.29) is 27.1 Å². The lowest BCUT2D eigenvalue weighted by Gasteiger charge is -2.31. The molecule has 0 aliphatic rings. The van der Waals surface area contributed by atoms with Crippen LogP contribution in [-0.4, -0.2) is 4.40 Å². The average Bonchev–Trinajstić information content (AvgIpc) is 3.96. The molecule has 0 saturated heterocycles. The Kier molecular flexibility index (Phi) is 10.9. The number of fused-ring (bicyclic) bond motifs is 10. The Morgan fingerprint density at radius 2 is 0.764 bits per heavy atom. The number of rotatable bonds is 6. The van der Waals surface area contributed by atoms with Crippen molar-refractivity contribution in [2.24, 2.45) is 0 Å². The second kappa shape index (κ2) is 16.5. The van der Waals surface area contributed by atoms with Gasteiger partial charge in [0.2, 0.25) is 0 Å².